The molecule has 0 fully saturated rings. The Labute approximate surface area is 106 Å². The Morgan fingerprint density at radius 1 is 1.47 bits per heavy atom. The normalized spacial score (nSPS) is 10.5. The standard InChI is InChI=1S/C10H12ClN3O2S/c1-13-17(15,16)14-10-7-8(3-2-6-12)4-5-9(10)11/h4-5,7,13-14H,6,12H2,1H3. The van der Waals surface area contributed by atoms with Crippen molar-refractivity contribution in [3.63, 3.8) is 0 Å². The molecule has 92 valence electrons. The van der Waals surface area contributed by atoms with Crippen LogP contribution >= 0.6 is 11.6 Å². The lowest BCUT2D eigenvalue weighted by Crippen LogP contribution is -2.26. The third-order valence-corrected chi connectivity index (χ3v) is 3.17. The van der Waals surface area contributed by atoms with Crippen molar-refractivity contribution in [2.24, 2.45) is 5.73 Å². The number of hydrogen-bond acceptors (Lipinski definition) is 3. The highest BCUT2D eigenvalue weighted by atomic mass is 35.5. The molecular weight excluding hydrogens is 262 g/mol. The summed E-state index contributed by atoms with van der Waals surface area (Å²) >= 11 is 5.87. The zero-order valence-electron chi connectivity index (χ0n) is 9.12. The maximum atomic E-state index is 11.3. The second-order valence-electron chi connectivity index (χ2n) is 3.01. The molecule has 0 atom stereocenters. The SMILES string of the molecule is CNS(=O)(=O)Nc1cc(C#CCN)ccc1Cl. The van der Waals surface area contributed by atoms with Gasteiger partial charge in [0.1, 0.15) is 0 Å². The van der Waals surface area contributed by atoms with Crippen LogP contribution in [-0.4, -0.2) is 22.0 Å². The zero-order valence-corrected chi connectivity index (χ0v) is 10.7. The van der Waals surface area contributed by atoms with Gasteiger partial charge in [-0.3, -0.25) is 4.72 Å². The minimum Gasteiger partial charge on any atom is -0.320 e. The number of rotatable bonds is 3. The van der Waals surface area contributed by atoms with Crippen molar-refractivity contribution in [1.82, 2.24) is 4.72 Å². The molecule has 0 aliphatic carbocycles. The summed E-state index contributed by atoms with van der Waals surface area (Å²) in [7, 11) is -2.29. The second-order valence-corrected chi connectivity index (χ2v) is 5.04. The van der Waals surface area contributed by atoms with E-state index in [1.807, 2.05) is 0 Å². The fourth-order valence-electron chi connectivity index (χ4n) is 1.03. The van der Waals surface area contributed by atoms with Crippen LogP contribution in [-0.2, 0) is 10.2 Å². The molecular formula is C10H12ClN3O2S. The summed E-state index contributed by atoms with van der Waals surface area (Å²) in [6, 6.07) is 4.79. The Morgan fingerprint density at radius 2 is 2.18 bits per heavy atom. The summed E-state index contributed by atoms with van der Waals surface area (Å²) in [6.07, 6.45) is 0. The first-order chi connectivity index (χ1) is 7.98. The molecule has 0 bridgehead atoms. The van der Waals surface area contributed by atoms with Crippen molar-refractivity contribution in [3.8, 4) is 11.8 Å². The fourth-order valence-corrected chi connectivity index (χ4v) is 1.81. The maximum absolute atomic E-state index is 11.3. The minimum absolute atomic E-state index is 0.236. The van der Waals surface area contributed by atoms with E-state index in [9.17, 15) is 8.42 Å². The molecule has 1 aromatic rings. The lowest BCUT2D eigenvalue weighted by atomic mass is 10.2. The molecule has 4 N–H and O–H groups in total. The van der Waals surface area contributed by atoms with E-state index >= 15 is 0 Å². The zero-order chi connectivity index (χ0) is 12.9. The highest BCUT2D eigenvalue weighted by Crippen LogP contribution is 2.23. The van der Waals surface area contributed by atoms with Crippen LogP contribution in [0.1, 0.15) is 5.56 Å². The van der Waals surface area contributed by atoms with Crippen molar-refractivity contribution < 1.29 is 8.42 Å². The van der Waals surface area contributed by atoms with Crippen LogP contribution in [0.25, 0.3) is 0 Å². The number of hydrogen-bond donors (Lipinski definition) is 3. The van der Waals surface area contributed by atoms with E-state index in [0.717, 1.165) is 0 Å². The van der Waals surface area contributed by atoms with Gasteiger partial charge in [-0.1, -0.05) is 23.4 Å². The fraction of sp³-hybridized carbons (Fsp3) is 0.200. The first-order valence-electron chi connectivity index (χ1n) is 4.68. The lowest BCUT2D eigenvalue weighted by molar-refractivity contribution is 0.593. The molecule has 0 aliphatic heterocycles. The number of halogens is 1. The molecule has 17 heavy (non-hydrogen) atoms. The van der Waals surface area contributed by atoms with Crippen molar-refractivity contribution in [1.29, 1.82) is 0 Å². The quantitative estimate of drug-likeness (QED) is 0.702. The number of anilines is 1. The number of nitrogens with two attached hydrogens (primary N) is 1. The molecule has 0 unspecified atom stereocenters. The smallest absolute Gasteiger partial charge is 0.298 e. The number of nitrogens with one attached hydrogen (secondary N) is 2. The molecule has 1 aromatic carbocycles. The van der Waals surface area contributed by atoms with Gasteiger partial charge in [0.25, 0.3) is 10.2 Å². The average Bonchev–Trinajstić information content (AvgIpc) is 2.30. The van der Waals surface area contributed by atoms with E-state index in [1.165, 1.54) is 7.05 Å². The van der Waals surface area contributed by atoms with Gasteiger partial charge in [0, 0.05) is 12.6 Å². The van der Waals surface area contributed by atoms with Crippen LogP contribution in [0.5, 0.6) is 0 Å². The van der Waals surface area contributed by atoms with Gasteiger partial charge in [0.05, 0.1) is 17.3 Å². The van der Waals surface area contributed by atoms with E-state index in [2.05, 4.69) is 21.3 Å². The summed E-state index contributed by atoms with van der Waals surface area (Å²) in [5, 5.41) is 0.294. The van der Waals surface area contributed by atoms with E-state index in [0.29, 0.717) is 10.6 Å². The monoisotopic (exact) mass is 273 g/mol. The minimum atomic E-state index is -3.59. The summed E-state index contributed by atoms with van der Waals surface area (Å²) < 4.78 is 27.0. The van der Waals surface area contributed by atoms with E-state index in [4.69, 9.17) is 17.3 Å². The van der Waals surface area contributed by atoms with Crippen molar-refractivity contribution in [2.75, 3.05) is 18.3 Å². The highest BCUT2D eigenvalue weighted by Gasteiger charge is 2.09. The summed E-state index contributed by atoms with van der Waals surface area (Å²) in [5.41, 5.74) is 6.15. The highest BCUT2D eigenvalue weighted by molar-refractivity contribution is 7.90. The Balaban J connectivity index is 3.07. The van der Waals surface area contributed by atoms with Gasteiger partial charge < -0.3 is 5.73 Å². The molecule has 0 spiro atoms. The van der Waals surface area contributed by atoms with Gasteiger partial charge in [-0.05, 0) is 18.2 Å². The Morgan fingerprint density at radius 3 is 2.76 bits per heavy atom. The van der Waals surface area contributed by atoms with Crippen LogP contribution in [0.4, 0.5) is 5.69 Å². The first kappa shape index (κ1) is 13.8. The molecule has 0 saturated carbocycles. The largest absolute Gasteiger partial charge is 0.320 e. The summed E-state index contributed by atoms with van der Waals surface area (Å²) in [6.45, 7) is 0.236. The lowest BCUT2D eigenvalue weighted by Gasteiger charge is -2.08. The predicted molar refractivity (Wildman–Crippen MR) is 69.0 cm³/mol. The van der Waals surface area contributed by atoms with Gasteiger partial charge >= 0.3 is 0 Å². The molecule has 0 amide bonds. The van der Waals surface area contributed by atoms with Crippen LogP contribution in [0.15, 0.2) is 18.2 Å². The number of benzene rings is 1. The molecule has 0 radical (unpaired) electrons. The van der Waals surface area contributed by atoms with Crippen LogP contribution in [0, 0.1) is 11.8 Å². The molecule has 5 nitrogen and oxygen atoms in total. The van der Waals surface area contributed by atoms with Gasteiger partial charge in [0.15, 0.2) is 0 Å². The third-order valence-electron chi connectivity index (χ3n) is 1.81. The van der Waals surface area contributed by atoms with Crippen molar-refractivity contribution >= 4 is 27.5 Å². The first-order valence-corrected chi connectivity index (χ1v) is 6.54. The average molecular weight is 274 g/mol. The van der Waals surface area contributed by atoms with E-state index in [1.54, 1.807) is 18.2 Å². The van der Waals surface area contributed by atoms with Crippen molar-refractivity contribution in [3.05, 3.63) is 28.8 Å². The summed E-state index contributed by atoms with van der Waals surface area (Å²) in [4.78, 5) is 0. The van der Waals surface area contributed by atoms with Gasteiger partial charge in [-0.2, -0.15) is 8.42 Å². The van der Waals surface area contributed by atoms with Crippen molar-refractivity contribution in [2.45, 2.75) is 0 Å². The molecule has 0 saturated heterocycles. The molecule has 1 rings (SSSR count). The van der Waals surface area contributed by atoms with Gasteiger partial charge in [-0.15, -0.1) is 0 Å². The molecule has 0 heterocycles. The Hall–Kier alpha value is -1.26. The van der Waals surface area contributed by atoms with Gasteiger partial charge in [-0.25, -0.2) is 4.72 Å². The molecule has 7 heteroatoms. The topological polar surface area (TPSA) is 84.2 Å². The maximum Gasteiger partial charge on any atom is 0.298 e. The summed E-state index contributed by atoms with van der Waals surface area (Å²) in [5.74, 6) is 5.46. The van der Waals surface area contributed by atoms with Crippen LogP contribution in [0.2, 0.25) is 5.02 Å². The Bertz CT molecular complexity index is 561. The van der Waals surface area contributed by atoms with E-state index in [-0.39, 0.29) is 12.2 Å². The predicted octanol–water partition coefficient (Wildman–Crippen LogP) is 0.526. The third kappa shape index (κ3) is 4.24. The van der Waals surface area contributed by atoms with E-state index < -0.39 is 10.2 Å². The van der Waals surface area contributed by atoms with Crippen LogP contribution < -0.4 is 15.2 Å². The van der Waals surface area contributed by atoms with Gasteiger partial charge in [0.2, 0.25) is 0 Å². The molecule has 0 aliphatic rings. The molecule has 0 aromatic heterocycles. The van der Waals surface area contributed by atoms with Crippen LogP contribution in [0.3, 0.4) is 0 Å². The second kappa shape index (κ2) is 5.89. The Kier molecular flexibility index (Phi) is 4.78.